The first-order valence-corrected chi connectivity index (χ1v) is 12.8. The van der Waals surface area contributed by atoms with Crippen molar-refractivity contribution in [3.63, 3.8) is 0 Å². The van der Waals surface area contributed by atoms with Crippen LogP contribution in [-0.2, 0) is 16.4 Å². The van der Waals surface area contributed by atoms with Crippen LogP contribution in [0.2, 0.25) is 0 Å². The lowest BCUT2D eigenvalue weighted by Gasteiger charge is -2.17. The van der Waals surface area contributed by atoms with E-state index in [1.54, 1.807) is 13.0 Å². The summed E-state index contributed by atoms with van der Waals surface area (Å²) >= 11 is 0. The second-order valence-corrected chi connectivity index (χ2v) is 10.4. The summed E-state index contributed by atoms with van der Waals surface area (Å²) in [5.74, 6) is -5.93. The molecule has 1 fully saturated rings. The summed E-state index contributed by atoms with van der Waals surface area (Å²) in [4.78, 5) is 16.5. The molecule has 7 nitrogen and oxygen atoms in total. The van der Waals surface area contributed by atoms with E-state index >= 15 is 8.78 Å². The SMILES string of the molecule is Cc1ccc(Nc2c(C(=O)NC3CC3)cc(Cc3ccnc(NS(C)(=O)=O)c3F)c(F)c2F)c(F)c1. The van der Waals surface area contributed by atoms with Gasteiger partial charge in [-0.1, -0.05) is 6.07 Å². The van der Waals surface area contributed by atoms with Gasteiger partial charge in [-0.15, -0.1) is 0 Å². The van der Waals surface area contributed by atoms with Crippen LogP contribution in [0.15, 0.2) is 36.5 Å². The van der Waals surface area contributed by atoms with Gasteiger partial charge in [0.2, 0.25) is 10.0 Å². The summed E-state index contributed by atoms with van der Waals surface area (Å²) in [5, 5.41) is 5.16. The molecule has 190 valence electrons. The predicted molar refractivity (Wildman–Crippen MR) is 127 cm³/mol. The third-order valence-electron chi connectivity index (χ3n) is 5.46. The molecule has 1 aliphatic carbocycles. The Bertz CT molecular complexity index is 1460. The maximum Gasteiger partial charge on any atom is 0.253 e. The number of nitrogens with one attached hydrogen (secondary N) is 3. The van der Waals surface area contributed by atoms with Gasteiger partial charge >= 0.3 is 0 Å². The summed E-state index contributed by atoms with van der Waals surface area (Å²) in [5.41, 5.74) is -0.960. The maximum absolute atomic E-state index is 15.3. The van der Waals surface area contributed by atoms with Crippen molar-refractivity contribution in [1.82, 2.24) is 10.3 Å². The first kappa shape index (κ1) is 25.4. The summed E-state index contributed by atoms with van der Waals surface area (Å²) in [6, 6.07) is 6.23. The van der Waals surface area contributed by atoms with Gasteiger partial charge in [0.05, 0.1) is 23.2 Å². The highest BCUT2D eigenvalue weighted by Gasteiger charge is 2.29. The van der Waals surface area contributed by atoms with Gasteiger partial charge in [-0.3, -0.25) is 9.52 Å². The van der Waals surface area contributed by atoms with Crippen LogP contribution in [0.5, 0.6) is 0 Å². The Hall–Kier alpha value is -3.67. The second kappa shape index (κ2) is 9.76. The third kappa shape index (κ3) is 5.76. The number of aromatic nitrogens is 1. The zero-order chi connectivity index (χ0) is 26.2. The summed E-state index contributed by atoms with van der Waals surface area (Å²) in [7, 11) is -3.85. The van der Waals surface area contributed by atoms with E-state index < -0.39 is 57.1 Å². The number of hydrogen-bond acceptors (Lipinski definition) is 5. The number of rotatable bonds is 8. The smallest absolute Gasteiger partial charge is 0.253 e. The molecular weight excluding hydrogens is 500 g/mol. The number of benzene rings is 2. The van der Waals surface area contributed by atoms with Crippen LogP contribution in [0, 0.1) is 30.2 Å². The van der Waals surface area contributed by atoms with Crippen LogP contribution in [0.4, 0.5) is 34.8 Å². The van der Waals surface area contributed by atoms with E-state index in [1.165, 1.54) is 18.2 Å². The standard InChI is InChI=1S/C24H22F4N4O3S/c1-12-3-6-18(17(25)9-12)31-22-16(24(33)30-15-4-5-15)11-14(19(26)21(22)28)10-13-7-8-29-23(20(13)27)32-36(2,34)35/h3,6-9,11,15,31H,4-5,10H2,1-2H3,(H,29,32)(H,30,33). The average molecular weight is 523 g/mol. The first-order chi connectivity index (χ1) is 16.9. The van der Waals surface area contributed by atoms with E-state index in [-0.39, 0.29) is 28.4 Å². The fourth-order valence-electron chi connectivity index (χ4n) is 3.53. The van der Waals surface area contributed by atoms with Crippen molar-refractivity contribution in [3.8, 4) is 0 Å². The molecule has 3 aromatic rings. The highest BCUT2D eigenvalue weighted by Crippen LogP contribution is 2.32. The van der Waals surface area contributed by atoms with Crippen molar-refractivity contribution in [2.45, 2.75) is 32.2 Å². The summed E-state index contributed by atoms with van der Waals surface area (Å²) in [6.45, 7) is 1.66. The van der Waals surface area contributed by atoms with Crippen LogP contribution in [0.3, 0.4) is 0 Å². The highest BCUT2D eigenvalue weighted by atomic mass is 32.2. The molecule has 12 heteroatoms. The van der Waals surface area contributed by atoms with Crippen molar-refractivity contribution in [2.75, 3.05) is 16.3 Å². The van der Waals surface area contributed by atoms with Gasteiger partial charge in [-0.25, -0.2) is 31.0 Å². The number of amides is 1. The number of carbonyl (C=O) groups is 1. The molecule has 1 aromatic heterocycles. The van der Waals surface area contributed by atoms with E-state index in [9.17, 15) is 22.0 Å². The maximum atomic E-state index is 15.3. The number of nitrogens with zero attached hydrogens (tertiary/aromatic N) is 1. The molecule has 36 heavy (non-hydrogen) atoms. The van der Waals surface area contributed by atoms with Crippen molar-refractivity contribution in [1.29, 1.82) is 0 Å². The number of anilines is 3. The van der Waals surface area contributed by atoms with Gasteiger partial charge < -0.3 is 10.6 Å². The molecule has 0 radical (unpaired) electrons. The van der Waals surface area contributed by atoms with Gasteiger partial charge in [-0.2, -0.15) is 0 Å². The lowest BCUT2D eigenvalue weighted by Crippen LogP contribution is -2.27. The average Bonchev–Trinajstić information content (AvgIpc) is 3.60. The minimum absolute atomic E-state index is 0.111. The number of carbonyl (C=O) groups excluding carboxylic acids is 1. The Morgan fingerprint density at radius 2 is 1.75 bits per heavy atom. The molecule has 0 unspecified atom stereocenters. The van der Waals surface area contributed by atoms with Crippen LogP contribution >= 0.6 is 0 Å². The van der Waals surface area contributed by atoms with Crippen molar-refractivity contribution in [2.24, 2.45) is 0 Å². The molecule has 0 aliphatic heterocycles. The molecule has 1 aliphatic rings. The molecule has 0 bridgehead atoms. The second-order valence-electron chi connectivity index (χ2n) is 8.63. The monoisotopic (exact) mass is 522 g/mol. The molecule has 0 atom stereocenters. The van der Waals surface area contributed by atoms with Crippen LogP contribution in [0.1, 0.15) is 39.9 Å². The lowest BCUT2D eigenvalue weighted by molar-refractivity contribution is 0.0951. The topological polar surface area (TPSA) is 100 Å². The Balaban J connectivity index is 1.76. The van der Waals surface area contributed by atoms with Crippen molar-refractivity contribution in [3.05, 3.63) is 82.1 Å². The van der Waals surface area contributed by atoms with Crippen LogP contribution in [0.25, 0.3) is 0 Å². The van der Waals surface area contributed by atoms with Crippen molar-refractivity contribution >= 4 is 33.1 Å². The van der Waals surface area contributed by atoms with Gasteiger partial charge in [0.25, 0.3) is 5.91 Å². The molecule has 1 saturated carbocycles. The Morgan fingerprint density at radius 1 is 1.03 bits per heavy atom. The van der Waals surface area contributed by atoms with Crippen LogP contribution < -0.4 is 15.4 Å². The fourth-order valence-corrected chi connectivity index (χ4v) is 4.02. The molecule has 4 rings (SSSR count). The van der Waals surface area contributed by atoms with E-state index in [0.717, 1.165) is 31.4 Å². The zero-order valence-electron chi connectivity index (χ0n) is 19.3. The third-order valence-corrected chi connectivity index (χ3v) is 6.02. The minimum atomic E-state index is -3.85. The number of sulfonamides is 1. The Labute approximate surface area is 205 Å². The molecule has 0 spiro atoms. The Kier molecular flexibility index (Phi) is 6.90. The number of pyridine rings is 1. The summed E-state index contributed by atoms with van der Waals surface area (Å²) < 4.78 is 84.6. The molecule has 2 aromatic carbocycles. The molecule has 1 heterocycles. The number of aryl methyl sites for hydroxylation is 1. The van der Waals surface area contributed by atoms with E-state index in [1.807, 2.05) is 4.72 Å². The fraction of sp³-hybridized carbons (Fsp3) is 0.250. The molecular formula is C24H22F4N4O3S. The number of hydrogen-bond donors (Lipinski definition) is 3. The van der Waals surface area contributed by atoms with E-state index in [0.29, 0.717) is 5.56 Å². The molecule has 3 N–H and O–H groups in total. The lowest BCUT2D eigenvalue weighted by atomic mass is 9.99. The predicted octanol–water partition coefficient (Wildman–Crippen LogP) is 4.54. The van der Waals surface area contributed by atoms with Gasteiger partial charge in [0.1, 0.15) is 5.82 Å². The van der Waals surface area contributed by atoms with Gasteiger partial charge in [-0.05, 0) is 60.7 Å². The van der Waals surface area contributed by atoms with Crippen molar-refractivity contribution < 1.29 is 30.8 Å². The molecule has 0 saturated heterocycles. The number of halogens is 4. The van der Waals surface area contributed by atoms with E-state index in [2.05, 4.69) is 15.6 Å². The quantitative estimate of drug-likeness (QED) is 0.377. The minimum Gasteiger partial charge on any atom is -0.350 e. The highest BCUT2D eigenvalue weighted by molar-refractivity contribution is 7.92. The normalized spacial score (nSPS) is 13.4. The Morgan fingerprint density at radius 3 is 2.39 bits per heavy atom. The van der Waals surface area contributed by atoms with Gasteiger partial charge in [0, 0.05) is 18.7 Å². The van der Waals surface area contributed by atoms with Gasteiger partial charge in [0.15, 0.2) is 23.3 Å². The van der Waals surface area contributed by atoms with E-state index in [4.69, 9.17) is 0 Å². The first-order valence-electron chi connectivity index (χ1n) is 10.9. The molecule has 1 amide bonds. The largest absolute Gasteiger partial charge is 0.350 e. The zero-order valence-corrected chi connectivity index (χ0v) is 20.1. The van der Waals surface area contributed by atoms with Crippen LogP contribution in [-0.4, -0.2) is 31.6 Å². The summed E-state index contributed by atoms with van der Waals surface area (Å²) in [6.07, 6.45) is 2.87.